The molecule has 1 aromatic heterocycles. The minimum atomic E-state index is -0.359. The van der Waals surface area contributed by atoms with Crippen molar-refractivity contribution in [3.8, 4) is 11.5 Å². The molecule has 1 aliphatic heterocycles. The van der Waals surface area contributed by atoms with Crippen LogP contribution in [0.3, 0.4) is 0 Å². The van der Waals surface area contributed by atoms with Crippen LogP contribution in [0.2, 0.25) is 0 Å². The largest absolute Gasteiger partial charge is 0.497 e. The van der Waals surface area contributed by atoms with E-state index in [0.717, 1.165) is 8.66 Å². The Labute approximate surface area is 197 Å². The summed E-state index contributed by atoms with van der Waals surface area (Å²) in [4.78, 5) is 33.2. The maximum Gasteiger partial charge on any atom is 0.244 e. The first-order valence-corrected chi connectivity index (χ1v) is 11.3. The van der Waals surface area contributed by atoms with Gasteiger partial charge in [-0.25, -0.2) is 4.99 Å². The number of amides is 2. The van der Waals surface area contributed by atoms with Crippen molar-refractivity contribution in [1.29, 1.82) is 0 Å². The second kappa shape index (κ2) is 9.54. The molecule has 0 aliphatic carbocycles. The number of hydrogen-bond donors (Lipinski definition) is 1. The number of hydrogen-bond acceptors (Lipinski definition) is 6. The van der Waals surface area contributed by atoms with Gasteiger partial charge in [-0.1, -0.05) is 12.1 Å². The Morgan fingerprint density at radius 1 is 1.16 bits per heavy atom. The van der Waals surface area contributed by atoms with Crippen LogP contribution >= 0.6 is 27.3 Å². The molecule has 1 N–H and O–H groups in total. The summed E-state index contributed by atoms with van der Waals surface area (Å²) in [7, 11) is 3.07. The van der Waals surface area contributed by atoms with Gasteiger partial charge in [-0.15, -0.1) is 11.3 Å². The number of fused-ring (bicyclic) bond motifs is 1. The molecule has 0 spiro atoms. The Hall–Kier alpha value is -3.17. The average molecular weight is 514 g/mol. The van der Waals surface area contributed by atoms with Crippen LogP contribution < -0.4 is 19.7 Å². The van der Waals surface area contributed by atoms with E-state index in [9.17, 15) is 9.59 Å². The summed E-state index contributed by atoms with van der Waals surface area (Å²) >= 11 is 4.97. The lowest BCUT2D eigenvalue weighted by atomic mass is 10.2. The van der Waals surface area contributed by atoms with Crippen molar-refractivity contribution in [2.24, 2.45) is 4.99 Å². The molecule has 0 bridgehead atoms. The molecule has 0 atom stereocenters. The molecule has 3 aromatic rings. The lowest BCUT2D eigenvalue weighted by molar-refractivity contribution is -0.120. The molecule has 0 saturated heterocycles. The van der Waals surface area contributed by atoms with Gasteiger partial charge in [-0.3, -0.25) is 9.59 Å². The summed E-state index contributed by atoms with van der Waals surface area (Å²) in [5, 5.41) is 2.82. The normalized spacial score (nSPS) is 13.2. The Morgan fingerprint density at radius 3 is 2.69 bits per heavy atom. The highest BCUT2D eigenvalue weighted by Crippen LogP contribution is 2.35. The number of carbonyl (C=O) groups is 2. The first-order valence-electron chi connectivity index (χ1n) is 9.73. The molecule has 2 heterocycles. The number of rotatable bonds is 6. The fourth-order valence-electron chi connectivity index (χ4n) is 3.37. The third kappa shape index (κ3) is 4.68. The average Bonchev–Trinajstić information content (AvgIpc) is 3.17. The Balaban J connectivity index is 1.60. The number of carbonyl (C=O) groups excluding carboxylic acids is 2. The van der Waals surface area contributed by atoms with Gasteiger partial charge in [0.2, 0.25) is 11.8 Å². The molecule has 0 radical (unpaired) electrons. The molecule has 1 aliphatic rings. The van der Waals surface area contributed by atoms with E-state index in [1.54, 1.807) is 31.4 Å². The van der Waals surface area contributed by atoms with Crippen LogP contribution in [-0.2, 0) is 9.59 Å². The number of thiophene rings is 1. The van der Waals surface area contributed by atoms with Gasteiger partial charge in [0.05, 0.1) is 52.1 Å². The lowest BCUT2D eigenvalue weighted by Gasteiger charge is -2.22. The highest BCUT2D eigenvalue weighted by molar-refractivity contribution is 9.11. The number of halogens is 1. The minimum absolute atomic E-state index is 0.0946. The van der Waals surface area contributed by atoms with E-state index in [0.29, 0.717) is 34.3 Å². The fraction of sp³-hybridized carbons (Fsp3) is 0.174. The van der Waals surface area contributed by atoms with Crippen LogP contribution in [0.4, 0.5) is 17.1 Å². The smallest absolute Gasteiger partial charge is 0.244 e. The summed E-state index contributed by atoms with van der Waals surface area (Å²) in [6, 6.07) is 16.3. The molecule has 0 fully saturated rings. The van der Waals surface area contributed by atoms with E-state index in [-0.39, 0.29) is 24.8 Å². The summed E-state index contributed by atoms with van der Waals surface area (Å²) in [5.74, 6) is 0.515. The van der Waals surface area contributed by atoms with Gasteiger partial charge in [0.15, 0.2) is 0 Å². The van der Waals surface area contributed by atoms with Crippen LogP contribution in [0.15, 0.2) is 63.4 Å². The van der Waals surface area contributed by atoms with Crippen LogP contribution in [0.1, 0.15) is 11.3 Å². The fourth-order valence-corrected chi connectivity index (χ4v) is 4.75. The summed E-state index contributed by atoms with van der Waals surface area (Å²) in [6.45, 7) is -0.160. The Morgan fingerprint density at radius 2 is 1.97 bits per heavy atom. The van der Waals surface area contributed by atoms with E-state index < -0.39 is 0 Å². The van der Waals surface area contributed by atoms with Crippen molar-refractivity contribution < 1.29 is 19.1 Å². The molecule has 0 unspecified atom stereocenters. The monoisotopic (exact) mass is 513 g/mol. The number of methoxy groups -OCH3 is 2. The van der Waals surface area contributed by atoms with Gasteiger partial charge >= 0.3 is 0 Å². The predicted molar refractivity (Wildman–Crippen MR) is 130 cm³/mol. The Bertz CT molecular complexity index is 1210. The van der Waals surface area contributed by atoms with E-state index in [4.69, 9.17) is 14.5 Å². The number of anilines is 2. The number of para-hydroxylation sites is 2. The summed E-state index contributed by atoms with van der Waals surface area (Å²) < 4.78 is 11.5. The van der Waals surface area contributed by atoms with Crippen LogP contribution in [0.25, 0.3) is 0 Å². The van der Waals surface area contributed by atoms with Gasteiger partial charge in [0.25, 0.3) is 0 Å². The number of aliphatic imine (C=N–C) groups is 1. The number of ether oxygens (including phenoxy) is 2. The molecule has 2 amide bonds. The van der Waals surface area contributed by atoms with E-state index >= 15 is 0 Å². The maximum absolute atomic E-state index is 13.2. The zero-order chi connectivity index (χ0) is 22.7. The molecular formula is C23H20BrN3O4S. The van der Waals surface area contributed by atoms with Gasteiger partial charge in [0.1, 0.15) is 18.0 Å². The second-order valence-corrected chi connectivity index (χ2v) is 9.39. The molecule has 2 aromatic carbocycles. The van der Waals surface area contributed by atoms with Crippen molar-refractivity contribution in [3.63, 3.8) is 0 Å². The molecular weight excluding hydrogens is 494 g/mol. The number of nitrogens with zero attached hydrogens (tertiary/aromatic N) is 2. The zero-order valence-electron chi connectivity index (χ0n) is 17.4. The highest BCUT2D eigenvalue weighted by Gasteiger charge is 2.27. The lowest BCUT2D eigenvalue weighted by Crippen LogP contribution is -2.38. The van der Waals surface area contributed by atoms with Crippen molar-refractivity contribution in [2.45, 2.75) is 6.42 Å². The number of nitrogens with one attached hydrogen (secondary N) is 1. The molecule has 7 nitrogen and oxygen atoms in total. The van der Waals surface area contributed by atoms with Crippen LogP contribution in [-0.4, -0.2) is 38.3 Å². The van der Waals surface area contributed by atoms with E-state index in [2.05, 4.69) is 21.2 Å². The quantitative estimate of drug-likeness (QED) is 0.501. The molecule has 0 saturated carbocycles. The zero-order valence-corrected chi connectivity index (χ0v) is 19.8. The second-order valence-electron chi connectivity index (χ2n) is 6.92. The highest BCUT2D eigenvalue weighted by atomic mass is 79.9. The summed E-state index contributed by atoms with van der Waals surface area (Å²) in [5.41, 5.74) is 2.38. The van der Waals surface area contributed by atoms with Crippen molar-refractivity contribution in [2.75, 3.05) is 31.0 Å². The first-order chi connectivity index (χ1) is 15.5. The SMILES string of the molecule is COc1ccc(OC)c(NC(=O)CN2C(=O)CC(c3ccc(Br)s3)=Nc3ccccc32)c1. The first kappa shape index (κ1) is 22.0. The summed E-state index contributed by atoms with van der Waals surface area (Å²) in [6.07, 6.45) is 0.0946. The van der Waals surface area contributed by atoms with Gasteiger partial charge in [0, 0.05) is 6.07 Å². The predicted octanol–water partition coefficient (Wildman–Crippen LogP) is 5.02. The van der Waals surface area contributed by atoms with Crippen LogP contribution in [0, 0.1) is 0 Å². The standard InChI is InChI=1S/C23H20BrN3O4S/c1-30-14-7-8-19(31-2)16(11-14)26-22(28)13-27-18-6-4-3-5-15(18)25-17(12-23(27)29)20-9-10-21(24)32-20/h3-11H,12-13H2,1-2H3,(H,26,28). The third-order valence-electron chi connectivity index (χ3n) is 4.89. The van der Waals surface area contributed by atoms with Gasteiger partial charge < -0.3 is 19.7 Å². The minimum Gasteiger partial charge on any atom is -0.497 e. The molecule has 32 heavy (non-hydrogen) atoms. The maximum atomic E-state index is 13.2. The Kier molecular flexibility index (Phi) is 6.57. The van der Waals surface area contributed by atoms with E-state index in [1.165, 1.54) is 23.3 Å². The molecule has 9 heteroatoms. The van der Waals surface area contributed by atoms with Gasteiger partial charge in [-0.2, -0.15) is 0 Å². The molecule has 4 rings (SSSR count). The van der Waals surface area contributed by atoms with Crippen molar-refractivity contribution >= 4 is 61.9 Å². The number of benzene rings is 2. The van der Waals surface area contributed by atoms with E-state index in [1.807, 2.05) is 30.3 Å². The van der Waals surface area contributed by atoms with Crippen molar-refractivity contribution in [3.05, 3.63) is 63.3 Å². The topological polar surface area (TPSA) is 80.2 Å². The third-order valence-corrected chi connectivity index (χ3v) is 6.56. The molecule has 164 valence electrons. The van der Waals surface area contributed by atoms with Crippen molar-refractivity contribution in [1.82, 2.24) is 0 Å². The van der Waals surface area contributed by atoms with Gasteiger partial charge in [-0.05, 0) is 52.3 Å². The van der Waals surface area contributed by atoms with Crippen LogP contribution in [0.5, 0.6) is 11.5 Å².